The van der Waals surface area contributed by atoms with E-state index in [1.165, 1.54) is 0 Å². The zero-order chi connectivity index (χ0) is 7.11. The highest BCUT2D eigenvalue weighted by Crippen LogP contribution is 1.97. The summed E-state index contributed by atoms with van der Waals surface area (Å²) in [7, 11) is -0.183. The van der Waals surface area contributed by atoms with Crippen molar-refractivity contribution in [2.45, 2.75) is 13.3 Å². The van der Waals surface area contributed by atoms with Crippen molar-refractivity contribution in [2.75, 3.05) is 13.2 Å². The van der Waals surface area contributed by atoms with Gasteiger partial charge in [0.25, 0.3) is 0 Å². The Balaban J connectivity index is 2.88. The van der Waals surface area contributed by atoms with Gasteiger partial charge in [0.1, 0.15) is 0 Å². The number of hydrogen-bond acceptors (Lipinski definition) is 3. The van der Waals surface area contributed by atoms with Gasteiger partial charge >= 0.3 is 7.69 Å². The summed E-state index contributed by atoms with van der Waals surface area (Å²) in [6, 6.07) is 0. The number of rotatable bonds is 5. The van der Waals surface area contributed by atoms with Gasteiger partial charge in [-0.3, -0.25) is 0 Å². The molecule has 0 aliphatic heterocycles. The lowest BCUT2D eigenvalue weighted by Gasteiger charge is -2.05. The Labute approximate surface area is 56.5 Å². The van der Waals surface area contributed by atoms with Gasteiger partial charge in [-0.25, -0.2) is 0 Å². The molecule has 0 amide bonds. The largest absolute Gasteiger partial charge is 0.435 e. The molecule has 0 unspecified atom stereocenters. The van der Waals surface area contributed by atoms with E-state index in [4.69, 9.17) is 15.4 Å². The molecule has 0 fully saturated rings. The molecule has 1 atom stereocenters. The highest BCUT2D eigenvalue weighted by atomic mass is 16.5. The van der Waals surface area contributed by atoms with Gasteiger partial charge in [0.05, 0.1) is 0 Å². The summed E-state index contributed by atoms with van der Waals surface area (Å²) in [6.07, 6.45) is 0.928. The molecule has 0 rings (SSSR count). The van der Waals surface area contributed by atoms with Crippen molar-refractivity contribution in [3.05, 3.63) is 0 Å². The molecule has 0 aromatic rings. The Kier molecular flexibility index (Phi) is 6.03. The SMILES string of the molecule is C[C@H](CN)CCOBO. The fourth-order valence-electron chi connectivity index (χ4n) is 0.467. The molecule has 3 nitrogen and oxygen atoms in total. The van der Waals surface area contributed by atoms with E-state index < -0.39 is 0 Å². The van der Waals surface area contributed by atoms with Gasteiger partial charge in [0.15, 0.2) is 0 Å². The average Bonchev–Trinajstić information content (AvgIpc) is 1.89. The summed E-state index contributed by atoms with van der Waals surface area (Å²) >= 11 is 0. The maximum atomic E-state index is 8.20. The smallest absolute Gasteiger partial charge is 0.430 e. The Hall–Kier alpha value is -0.0551. The molecule has 0 aromatic carbocycles. The second kappa shape index (κ2) is 6.07. The maximum Gasteiger partial charge on any atom is 0.435 e. The van der Waals surface area contributed by atoms with Crippen LogP contribution >= 0.6 is 0 Å². The third-order valence-electron chi connectivity index (χ3n) is 1.25. The monoisotopic (exact) mass is 131 g/mol. The second-order valence-corrected chi connectivity index (χ2v) is 2.17. The summed E-state index contributed by atoms with van der Waals surface area (Å²) in [5.74, 6) is 0.497. The van der Waals surface area contributed by atoms with Crippen LogP contribution in [0.25, 0.3) is 0 Å². The molecule has 0 spiro atoms. The Morgan fingerprint density at radius 3 is 2.89 bits per heavy atom. The van der Waals surface area contributed by atoms with Gasteiger partial charge in [-0.2, -0.15) is 0 Å². The summed E-state index contributed by atoms with van der Waals surface area (Å²) in [5, 5.41) is 8.20. The van der Waals surface area contributed by atoms with Crippen molar-refractivity contribution < 1.29 is 9.68 Å². The molecule has 3 N–H and O–H groups in total. The predicted octanol–water partition coefficient (Wildman–Crippen LogP) is -0.753. The normalized spacial score (nSPS) is 13.2. The zero-order valence-corrected chi connectivity index (χ0v) is 5.84. The Bertz CT molecular complexity index is 62.9. The number of hydrogen-bond donors (Lipinski definition) is 2. The second-order valence-electron chi connectivity index (χ2n) is 2.17. The molecule has 0 saturated carbocycles. The molecule has 0 aliphatic rings. The maximum absolute atomic E-state index is 8.20. The summed E-state index contributed by atoms with van der Waals surface area (Å²) < 4.78 is 4.71. The summed E-state index contributed by atoms with van der Waals surface area (Å²) in [5.41, 5.74) is 5.34. The third-order valence-corrected chi connectivity index (χ3v) is 1.25. The molecule has 0 aromatic heterocycles. The van der Waals surface area contributed by atoms with Crippen LogP contribution < -0.4 is 5.73 Å². The lowest BCUT2D eigenvalue weighted by Crippen LogP contribution is -2.13. The molecule has 0 bridgehead atoms. The van der Waals surface area contributed by atoms with Gasteiger partial charge in [0.2, 0.25) is 0 Å². The predicted molar refractivity (Wildman–Crippen MR) is 38.2 cm³/mol. The van der Waals surface area contributed by atoms with E-state index in [0.29, 0.717) is 19.1 Å². The molecule has 0 radical (unpaired) electrons. The van der Waals surface area contributed by atoms with Gasteiger partial charge in [-0.15, -0.1) is 0 Å². The van der Waals surface area contributed by atoms with Crippen LogP contribution in [0.4, 0.5) is 0 Å². The standard InChI is InChI=1S/C5H14BNO2/c1-5(4-7)2-3-9-6-8/h5-6,8H,2-4,7H2,1H3/t5-/m0/s1. The van der Waals surface area contributed by atoms with Gasteiger partial charge in [0, 0.05) is 6.61 Å². The van der Waals surface area contributed by atoms with Crippen molar-refractivity contribution in [2.24, 2.45) is 11.7 Å². The topological polar surface area (TPSA) is 55.5 Å². The quantitative estimate of drug-likeness (QED) is 0.381. The summed E-state index contributed by atoms with van der Waals surface area (Å²) in [4.78, 5) is 0. The van der Waals surface area contributed by atoms with E-state index in [0.717, 1.165) is 6.42 Å². The van der Waals surface area contributed by atoms with Crippen LogP contribution in [0.5, 0.6) is 0 Å². The zero-order valence-electron chi connectivity index (χ0n) is 5.84. The van der Waals surface area contributed by atoms with E-state index >= 15 is 0 Å². The molecular formula is C5H14BNO2. The fraction of sp³-hybridized carbons (Fsp3) is 1.00. The van der Waals surface area contributed by atoms with Crippen LogP contribution in [-0.4, -0.2) is 25.9 Å². The minimum atomic E-state index is -0.183. The van der Waals surface area contributed by atoms with Crippen LogP contribution in [0.15, 0.2) is 0 Å². The van der Waals surface area contributed by atoms with E-state index in [1.807, 2.05) is 0 Å². The first-order valence-electron chi connectivity index (χ1n) is 3.20. The molecule has 4 heteroatoms. The van der Waals surface area contributed by atoms with Crippen molar-refractivity contribution in [1.29, 1.82) is 0 Å². The third kappa shape index (κ3) is 5.82. The van der Waals surface area contributed by atoms with Crippen molar-refractivity contribution >= 4 is 7.69 Å². The molecule has 0 heterocycles. The fourth-order valence-corrected chi connectivity index (χ4v) is 0.467. The van der Waals surface area contributed by atoms with Crippen LogP contribution in [0, 0.1) is 5.92 Å². The van der Waals surface area contributed by atoms with Crippen molar-refractivity contribution in [1.82, 2.24) is 0 Å². The van der Waals surface area contributed by atoms with E-state index in [1.54, 1.807) is 0 Å². The molecule has 0 aliphatic carbocycles. The molecular weight excluding hydrogens is 117 g/mol. The van der Waals surface area contributed by atoms with Gasteiger partial charge in [-0.05, 0) is 18.9 Å². The Morgan fingerprint density at radius 1 is 1.78 bits per heavy atom. The van der Waals surface area contributed by atoms with E-state index in [9.17, 15) is 0 Å². The number of nitrogens with two attached hydrogens (primary N) is 1. The summed E-state index contributed by atoms with van der Waals surface area (Å²) in [6.45, 7) is 3.35. The first kappa shape index (κ1) is 8.94. The van der Waals surface area contributed by atoms with Gasteiger partial charge in [-0.1, -0.05) is 6.92 Å². The highest BCUT2D eigenvalue weighted by Gasteiger charge is 1.97. The van der Waals surface area contributed by atoms with E-state index in [-0.39, 0.29) is 7.69 Å². The molecule has 54 valence electrons. The first-order chi connectivity index (χ1) is 4.31. The van der Waals surface area contributed by atoms with Crippen molar-refractivity contribution in [3.8, 4) is 0 Å². The Morgan fingerprint density at radius 2 is 2.44 bits per heavy atom. The van der Waals surface area contributed by atoms with Crippen molar-refractivity contribution in [3.63, 3.8) is 0 Å². The molecule has 0 saturated heterocycles. The molecule has 9 heavy (non-hydrogen) atoms. The highest BCUT2D eigenvalue weighted by molar-refractivity contribution is 6.15. The van der Waals surface area contributed by atoms with Gasteiger partial charge < -0.3 is 15.4 Å². The van der Waals surface area contributed by atoms with E-state index in [2.05, 4.69) is 6.92 Å². The van der Waals surface area contributed by atoms with Crippen LogP contribution in [0.3, 0.4) is 0 Å². The van der Waals surface area contributed by atoms with Crippen LogP contribution in [0.2, 0.25) is 0 Å². The average molecular weight is 131 g/mol. The first-order valence-corrected chi connectivity index (χ1v) is 3.20. The lowest BCUT2D eigenvalue weighted by molar-refractivity contribution is 0.260. The lowest BCUT2D eigenvalue weighted by atomic mass is 10.1. The minimum absolute atomic E-state index is 0.183. The van der Waals surface area contributed by atoms with Crippen LogP contribution in [0.1, 0.15) is 13.3 Å². The van der Waals surface area contributed by atoms with Crippen LogP contribution in [-0.2, 0) is 4.65 Å². The minimum Gasteiger partial charge on any atom is -0.430 e.